The Hall–Kier alpha value is -2.73. The van der Waals surface area contributed by atoms with Crippen LogP contribution in [0.4, 0.5) is 5.69 Å². The lowest BCUT2D eigenvalue weighted by Gasteiger charge is -2.18. The van der Waals surface area contributed by atoms with Gasteiger partial charge in [-0.3, -0.25) is 4.79 Å². The Morgan fingerprint density at radius 3 is 2.82 bits per heavy atom. The second kappa shape index (κ2) is 7.02. The topological polar surface area (TPSA) is 90.9 Å². The molecule has 0 amide bonds. The van der Waals surface area contributed by atoms with Crippen molar-refractivity contribution in [1.29, 1.82) is 0 Å². The third kappa shape index (κ3) is 3.52. The molecule has 0 unspecified atom stereocenters. The van der Waals surface area contributed by atoms with Crippen LogP contribution in [-0.4, -0.2) is 38.0 Å². The van der Waals surface area contributed by atoms with E-state index in [2.05, 4.69) is 15.3 Å². The molecule has 6 heteroatoms. The standard InChI is InChI=1S/C22H26N4O2/c1-22(2,3)20(28)15-11-23-21-19(15)26-17(12-24-21)13-6-4-7-14(10-13)25-16-8-5-9-18(16)27/h4,6-7,10-12,16,18,25,27H,5,8-9H2,1-3H3,(H,23,24)/t16-,18-/m0/s1. The van der Waals surface area contributed by atoms with Gasteiger partial charge >= 0.3 is 0 Å². The lowest BCUT2D eigenvalue weighted by Crippen LogP contribution is -2.27. The molecule has 0 bridgehead atoms. The van der Waals surface area contributed by atoms with E-state index in [0.717, 1.165) is 30.5 Å². The number of ketones is 1. The number of hydrogen-bond donors (Lipinski definition) is 3. The number of hydrogen-bond acceptors (Lipinski definition) is 5. The third-order valence-electron chi connectivity index (χ3n) is 5.30. The normalized spacial score (nSPS) is 19.9. The van der Waals surface area contributed by atoms with Crippen LogP contribution in [0, 0.1) is 5.41 Å². The Kier molecular flexibility index (Phi) is 4.67. The quantitative estimate of drug-likeness (QED) is 0.593. The van der Waals surface area contributed by atoms with Crippen molar-refractivity contribution in [3.63, 3.8) is 0 Å². The summed E-state index contributed by atoms with van der Waals surface area (Å²) in [6.07, 6.45) is 5.97. The van der Waals surface area contributed by atoms with Crippen LogP contribution in [0.5, 0.6) is 0 Å². The first-order valence-corrected chi connectivity index (χ1v) is 9.77. The summed E-state index contributed by atoms with van der Waals surface area (Å²) in [7, 11) is 0. The number of aromatic nitrogens is 3. The molecule has 1 saturated carbocycles. The van der Waals surface area contributed by atoms with Crippen molar-refractivity contribution in [1.82, 2.24) is 15.0 Å². The molecule has 1 fully saturated rings. The zero-order valence-electron chi connectivity index (χ0n) is 16.5. The minimum absolute atomic E-state index is 0.0378. The highest BCUT2D eigenvalue weighted by Crippen LogP contribution is 2.29. The number of aliphatic hydroxyl groups excluding tert-OH is 1. The van der Waals surface area contributed by atoms with Crippen LogP contribution in [0.3, 0.4) is 0 Å². The van der Waals surface area contributed by atoms with E-state index in [1.807, 2.05) is 45.0 Å². The predicted octanol–water partition coefficient (Wildman–Crippen LogP) is 4.18. The van der Waals surface area contributed by atoms with Gasteiger partial charge in [-0.2, -0.15) is 0 Å². The molecule has 4 rings (SSSR count). The fourth-order valence-electron chi connectivity index (χ4n) is 3.70. The van der Waals surface area contributed by atoms with Crippen molar-refractivity contribution in [3.8, 4) is 11.3 Å². The van der Waals surface area contributed by atoms with Crippen LogP contribution < -0.4 is 5.32 Å². The van der Waals surface area contributed by atoms with Crippen molar-refractivity contribution >= 4 is 22.6 Å². The van der Waals surface area contributed by atoms with Crippen molar-refractivity contribution in [2.24, 2.45) is 5.41 Å². The monoisotopic (exact) mass is 378 g/mol. The maximum atomic E-state index is 12.7. The highest BCUT2D eigenvalue weighted by atomic mass is 16.3. The van der Waals surface area contributed by atoms with Crippen molar-refractivity contribution in [2.75, 3.05) is 5.32 Å². The van der Waals surface area contributed by atoms with Gasteiger partial charge in [-0.25, -0.2) is 9.97 Å². The second-order valence-corrected chi connectivity index (χ2v) is 8.56. The minimum atomic E-state index is -0.487. The Bertz CT molecular complexity index is 1020. The van der Waals surface area contributed by atoms with Gasteiger partial charge in [-0.15, -0.1) is 0 Å². The first-order valence-electron chi connectivity index (χ1n) is 9.77. The number of H-pyrrole nitrogens is 1. The summed E-state index contributed by atoms with van der Waals surface area (Å²) in [5.41, 5.74) is 3.87. The fraction of sp³-hybridized carbons (Fsp3) is 0.409. The second-order valence-electron chi connectivity index (χ2n) is 8.56. The van der Waals surface area contributed by atoms with Crippen molar-refractivity contribution < 1.29 is 9.90 Å². The number of rotatable bonds is 4. The minimum Gasteiger partial charge on any atom is -0.391 e. The molecule has 0 spiro atoms. The number of Topliss-reactive ketones (excluding diaryl/α,β-unsaturated/α-hetero) is 1. The zero-order chi connectivity index (χ0) is 19.9. The smallest absolute Gasteiger partial charge is 0.171 e. The number of carbonyl (C=O) groups is 1. The fourth-order valence-corrected chi connectivity index (χ4v) is 3.70. The summed E-state index contributed by atoms with van der Waals surface area (Å²) < 4.78 is 0. The van der Waals surface area contributed by atoms with E-state index >= 15 is 0 Å². The van der Waals surface area contributed by atoms with Crippen LogP contribution in [0.2, 0.25) is 0 Å². The molecule has 1 aliphatic carbocycles. The van der Waals surface area contributed by atoms with Gasteiger partial charge in [0, 0.05) is 22.9 Å². The van der Waals surface area contributed by atoms with Crippen LogP contribution in [0.25, 0.3) is 22.4 Å². The maximum Gasteiger partial charge on any atom is 0.171 e. The molecular weight excluding hydrogens is 352 g/mol. The molecule has 28 heavy (non-hydrogen) atoms. The maximum absolute atomic E-state index is 12.7. The van der Waals surface area contributed by atoms with Gasteiger partial charge in [0.05, 0.1) is 29.6 Å². The largest absolute Gasteiger partial charge is 0.391 e. The van der Waals surface area contributed by atoms with Gasteiger partial charge in [0.25, 0.3) is 0 Å². The third-order valence-corrected chi connectivity index (χ3v) is 5.30. The summed E-state index contributed by atoms with van der Waals surface area (Å²) in [6.45, 7) is 5.70. The van der Waals surface area contributed by atoms with E-state index in [0.29, 0.717) is 22.4 Å². The van der Waals surface area contributed by atoms with Crippen molar-refractivity contribution in [3.05, 3.63) is 42.2 Å². The number of nitrogens with zero attached hydrogens (tertiary/aromatic N) is 2. The van der Waals surface area contributed by atoms with Gasteiger partial charge < -0.3 is 15.4 Å². The van der Waals surface area contributed by atoms with Gasteiger partial charge in [-0.1, -0.05) is 32.9 Å². The molecule has 3 aromatic rings. The van der Waals surface area contributed by atoms with E-state index in [1.165, 1.54) is 0 Å². The van der Waals surface area contributed by atoms with Crippen LogP contribution >= 0.6 is 0 Å². The molecule has 3 N–H and O–H groups in total. The summed E-state index contributed by atoms with van der Waals surface area (Å²) in [6, 6.07) is 8.03. The van der Waals surface area contributed by atoms with E-state index in [4.69, 9.17) is 4.98 Å². The lowest BCUT2D eigenvalue weighted by molar-refractivity contribution is 0.0860. The van der Waals surface area contributed by atoms with Gasteiger partial charge in [-0.05, 0) is 31.4 Å². The van der Waals surface area contributed by atoms with Gasteiger partial charge in [0.15, 0.2) is 11.4 Å². The Morgan fingerprint density at radius 2 is 2.11 bits per heavy atom. The first-order chi connectivity index (χ1) is 13.3. The molecule has 0 radical (unpaired) electrons. The van der Waals surface area contributed by atoms with E-state index < -0.39 is 5.41 Å². The lowest BCUT2D eigenvalue weighted by atomic mass is 9.87. The first kappa shape index (κ1) is 18.6. The number of anilines is 1. The number of fused-ring (bicyclic) bond motifs is 1. The molecule has 1 aliphatic rings. The summed E-state index contributed by atoms with van der Waals surface area (Å²) >= 11 is 0. The van der Waals surface area contributed by atoms with Crippen LogP contribution in [-0.2, 0) is 0 Å². The Labute approximate surface area is 164 Å². The van der Waals surface area contributed by atoms with E-state index in [9.17, 15) is 9.90 Å². The van der Waals surface area contributed by atoms with Crippen molar-refractivity contribution in [2.45, 2.75) is 52.2 Å². The number of benzene rings is 1. The number of carbonyl (C=O) groups excluding carboxylic acids is 1. The molecule has 0 saturated heterocycles. The molecule has 2 heterocycles. The Morgan fingerprint density at radius 1 is 1.29 bits per heavy atom. The Balaban J connectivity index is 1.67. The molecule has 0 aliphatic heterocycles. The molecule has 2 aromatic heterocycles. The predicted molar refractivity (Wildman–Crippen MR) is 110 cm³/mol. The summed E-state index contributed by atoms with van der Waals surface area (Å²) in [5.74, 6) is 0.0378. The zero-order valence-corrected chi connectivity index (χ0v) is 16.5. The summed E-state index contributed by atoms with van der Waals surface area (Å²) in [5, 5.41) is 13.5. The highest BCUT2D eigenvalue weighted by Gasteiger charge is 2.27. The molecule has 6 nitrogen and oxygen atoms in total. The number of nitrogens with one attached hydrogen (secondary N) is 2. The summed E-state index contributed by atoms with van der Waals surface area (Å²) in [4.78, 5) is 25.0. The van der Waals surface area contributed by atoms with E-state index in [1.54, 1.807) is 12.4 Å². The molecule has 146 valence electrons. The number of aliphatic hydroxyl groups is 1. The van der Waals surface area contributed by atoms with Crippen LogP contribution in [0.15, 0.2) is 36.7 Å². The molecular formula is C22H26N4O2. The van der Waals surface area contributed by atoms with Gasteiger partial charge in [0.1, 0.15) is 5.52 Å². The highest BCUT2D eigenvalue weighted by molar-refractivity contribution is 6.08. The molecule has 2 atom stereocenters. The van der Waals surface area contributed by atoms with Crippen LogP contribution in [0.1, 0.15) is 50.4 Å². The SMILES string of the molecule is CC(C)(C)C(=O)c1c[nH]c2ncc(-c3cccc(N[C@H]4CCC[C@@H]4O)c3)nc12. The van der Waals surface area contributed by atoms with Gasteiger partial charge in [0.2, 0.25) is 0 Å². The van der Waals surface area contributed by atoms with E-state index in [-0.39, 0.29) is 17.9 Å². The average Bonchev–Trinajstić information content (AvgIpc) is 3.26. The average molecular weight is 378 g/mol. The number of aromatic amines is 1. The molecule has 1 aromatic carbocycles.